The van der Waals surface area contributed by atoms with Gasteiger partial charge in [-0.05, 0) is 18.9 Å². The molecule has 0 radical (unpaired) electrons. The number of nitrogens with zero attached hydrogens (tertiary/aromatic N) is 2. The molecule has 2 nitrogen and oxygen atoms in total. The van der Waals surface area contributed by atoms with Crippen molar-refractivity contribution in [1.29, 1.82) is 0 Å². The summed E-state index contributed by atoms with van der Waals surface area (Å²) in [6.45, 7) is 6.65. The van der Waals surface area contributed by atoms with Gasteiger partial charge in [-0.15, -0.1) is 0 Å². The second-order valence-electron chi connectivity index (χ2n) is 3.36. The molecule has 0 unspecified atom stereocenters. The largest absolute Gasteiger partial charge is 0.245 e. The Morgan fingerprint density at radius 1 is 1.33 bits per heavy atom. The van der Waals surface area contributed by atoms with Crippen molar-refractivity contribution in [3.63, 3.8) is 0 Å². The van der Waals surface area contributed by atoms with E-state index < -0.39 is 0 Å². The van der Waals surface area contributed by atoms with E-state index in [9.17, 15) is 0 Å². The Morgan fingerprint density at radius 2 is 2.00 bits per heavy atom. The van der Waals surface area contributed by atoms with E-state index in [1.165, 1.54) is 0 Å². The lowest BCUT2D eigenvalue weighted by Gasteiger charge is -2.25. The fraction of sp³-hybridized carbons (Fsp3) is 0.600. The van der Waals surface area contributed by atoms with Crippen LogP contribution < -0.4 is 0 Å². The van der Waals surface area contributed by atoms with Crippen LogP contribution in [-0.4, -0.2) is 9.97 Å². The van der Waals surface area contributed by atoms with Gasteiger partial charge < -0.3 is 0 Å². The molecule has 0 N–H and O–H groups in total. The van der Waals surface area contributed by atoms with Crippen LogP contribution in [0.4, 0.5) is 0 Å². The lowest BCUT2D eigenvalue weighted by molar-refractivity contribution is 0.425. The molecule has 0 aliphatic carbocycles. The molecule has 0 saturated carbocycles. The van der Waals surface area contributed by atoms with E-state index in [-0.39, 0.29) is 5.41 Å². The molecule has 0 bridgehead atoms. The molecule has 1 rings (SSSR count). The van der Waals surface area contributed by atoms with Crippen molar-refractivity contribution in [1.82, 2.24) is 9.97 Å². The van der Waals surface area contributed by atoms with E-state index in [1.54, 1.807) is 6.33 Å². The van der Waals surface area contributed by atoms with Crippen molar-refractivity contribution >= 4 is 0 Å². The van der Waals surface area contributed by atoms with Gasteiger partial charge in [0.25, 0.3) is 0 Å². The van der Waals surface area contributed by atoms with Crippen molar-refractivity contribution in [2.75, 3.05) is 0 Å². The van der Waals surface area contributed by atoms with Crippen LogP contribution in [0.3, 0.4) is 0 Å². The first kappa shape index (κ1) is 9.17. The molecule has 0 aromatic carbocycles. The average molecular weight is 164 g/mol. The summed E-state index contributed by atoms with van der Waals surface area (Å²) in [7, 11) is 0. The first-order valence-electron chi connectivity index (χ1n) is 4.49. The van der Waals surface area contributed by atoms with Crippen LogP contribution in [0.15, 0.2) is 18.6 Å². The summed E-state index contributed by atoms with van der Waals surface area (Å²) in [6, 6.07) is 2.01. The van der Waals surface area contributed by atoms with E-state index in [1.807, 2.05) is 12.3 Å². The third-order valence-corrected chi connectivity index (χ3v) is 2.76. The number of hydrogen-bond acceptors (Lipinski definition) is 2. The summed E-state index contributed by atoms with van der Waals surface area (Å²) in [5, 5.41) is 0. The summed E-state index contributed by atoms with van der Waals surface area (Å²) in [5.41, 5.74) is 1.38. The van der Waals surface area contributed by atoms with Gasteiger partial charge in [0, 0.05) is 17.3 Å². The minimum absolute atomic E-state index is 0.225. The van der Waals surface area contributed by atoms with Crippen LogP contribution in [0, 0.1) is 0 Å². The summed E-state index contributed by atoms with van der Waals surface area (Å²) >= 11 is 0. The number of rotatable bonds is 3. The lowest BCUT2D eigenvalue weighted by atomic mass is 9.81. The predicted molar refractivity (Wildman–Crippen MR) is 50.0 cm³/mol. The summed E-state index contributed by atoms with van der Waals surface area (Å²) in [5.74, 6) is 0. The second kappa shape index (κ2) is 3.65. The van der Waals surface area contributed by atoms with Crippen LogP contribution in [0.5, 0.6) is 0 Å². The van der Waals surface area contributed by atoms with Crippen molar-refractivity contribution in [3.8, 4) is 0 Å². The van der Waals surface area contributed by atoms with Crippen molar-refractivity contribution < 1.29 is 0 Å². The predicted octanol–water partition coefficient (Wildman–Crippen LogP) is 2.55. The highest BCUT2D eigenvalue weighted by Crippen LogP contribution is 2.28. The van der Waals surface area contributed by atoms with E-state index in [0.29, 0.717) is 0 Å². The van der Waals surface area contributed by atoms with E-state index in [2.05, 4.69) is 30.7 Å². The smallest absolute Gasteiger partial charge is 0.115 e. The van der Waals surface area contributed by atoms with E-state index >= 15 is 0 Å². The fourth-order valence-corrected chi connectivity index (χ4v) is 1.26. The number of aromatic nitrogens is 2. The molecule has 0 saturated heterocycles. The first-order chi connectivity index (χ1) is 5.73. The Morgan fingerprint density at radius 3 is 2.42 bits per heavy atom. The third kappa shape index (κ3) is 1.63. The molecule has 0 amide bonds. The van der Waals surface area contributed by atoms with Crippen molar-refractivity contribution in [2.45, 2.75) is 39.0 Å². The molecule has 0 spiro atoms. The van der Waals surface area contributed by atoms with Crippen LogP contribution >= 0.6 is 0 Å². The minimum Gasteiger partial charge on any atom is -0.245 e. The monoisotopic (exact) mass is 164 g/mol. The minimum atomic E-state index is 0.225. The van der Waals surface area contributed by atoms with Crippen LogP contribution in [0.25, 0.3) is 0 Å². The molecule has 1 heterocycles. The molecule has 12 heavy (non-hydrogen) atoms. The quantitative estimate of drug-likeness (QED) is 0.686. The normalized spacial score (nSPS) is 11.6. The van der Waals surface area contributed by atoms with Gasteiger partial charge in [-0.3, -0.25) is 0 Å². The van der Waals surface area contributed by atoms with Crippen LogP contribution in [0.2, 0.25) is 0 Å². The summed E-state index contributed by atoms with van der Waals surface area (Å²) in [4.78, 5) is 8.20. The molecule has 0 aliphatic rings. The molecular formula is C10H16N2. The first-order valence-corrected chi connectivity index (χ1v) is 4.49. The topological polar surface area (TPSA) is 25.8 Å². The molecule has 0 fully saturated rings. The third-order valence-electron chi connectivity index (χ3n) is 2.76. The zero-order valence-electron chi connectivity index (χ0n) is 8.04. The number of hydrogen-bond donors (Lipinski definition) is 0. The SMILES string of the molecule is CCC(C)(CC)c1ccncn1. The van der Waals surface area contributed by atoms with Crippen molar-refractivity contribution in [3.05, 3.63) is 24.3 Å². The molecule has 1 aromatic rings. The Labute approximate surface area is 74.1 Å². The van der Waals surface area contributed by atoms with Gasteiger partial charge in [-0.2, -0.15) is 0 Å². The lowest BCUT2D eigenvalue weighted by Crippen LogP contribution is -2.20. The van der Waals surface area contributed by atoms with Crippen molar-refractivity contribution in [2.24, 2.45) is 0 Å². The van der Waals surface area contributed by atoms with E-state index in [4.69, 9.17) is 0 Å². The molecule has 1 aromatic heterocycles. The van der Waals surface area contributed by atoms with Gasteiger partial charge in [-0.25, -0.2) is 9.97 Å². The maximum absolute atomic E-state index is 4.28. The Balaban J connectivity index is 2.95. The van der Waals surface area contributed by atoms with Gasteiger partial charge in [0.05, 0.1) is 0 Å². The molecule has 0 atom stereocenters. The highest BCUT2D eigenvalue weighted by molar-refractivity contribution is 5.12. The maximum Gasteiger partial charge on any atom is 0.115 e. The average Bonchev–Trinajstić information content (AvgIpc) is 2.18. The van der Waals surface area contributed by atoms with Gasteiger partial charge in [-0.1, -0.05) is 20.8 Å². The van der Waals surface area contributed by atoms with Crippen LogP contribution in [-0.2, 0) is 5.41 Å². The molecule has 66 valence electrons. The summed E-state index contributed by atoms with van der Waals surface area (Å²) in [6.07, 6.45) is 5.69. The van der Waals surface area contributed by atoms with Gasteiger partial charge in [0.2, 0.25) is 0 Å². The Hall–Kier alpha value is -0.920. The molecule has 0 aliphatic heterocycles. The molecular weight excluding hydrogens is 148 g/mol. The van der Waals surface area contributed by atoms with E-state index in [0.717, 1.165) is 18.5 Å². The van der Waals surface area contributed by atoms with Gasteiger partial charge in [0.1, 0.15) is 6.33 Å². The zero-order chi connectivity index (χ0) is 9.03. The highest BCUT2D eigenvalue weighted by atomic mass is 14.8. The molecule has 2 heteroatoms. The standard InChI is InChI=1S/C10H16N2/c1-4-10(3,5-2)9-6-7-11-8-12-9/h6-8H,4-5H2,1-3H3. The van der Waals surface area contributed by atoms with Gasteiger partial charge >= 0.3 is 0 Å². The van der Waals surface area contributed by atoms with Crippen LogP contribution in [0.1, 0.15) is 39.3 Å². The summed E-state index contributed by atoms with van der Waals surface area (Å²) < 4.78 is 0. The Bertz CT molecular complexity index is 227. The fourth-order valence-electron chi connectivity index (χ4n) is 1.26. The van der Waals surface area contributed by atoms with Gasteiger partial charge in [0.15, 0.2) is 0 Å². The second-order valence-corrected chi connectivity index (χ2v) is 3.36. The zero-order valence-corrected chi connectivity index (χ0v) is 8.04. The maximum atomic E-state index is 4.28. The Kier molecular flexibility index (Phi) is 2.79. The highest BCUT2D eigenvalue weighted by Gasteiger charge is 2.22.